The molecular weight excluding hydrogens is 336 g/mol. The fourth-order valence-electron chi connectivity index (χ4n) is 3.98. The first-order valence-corrected chi connectivity index (χ1v) is 9.61. The van der Waals surface area contributed by atoms with Gasteiger partial charge in [-0.05, 0) is 38.0 Å². The highest BCUT2D eigenvalue weighted by atomic mass is 16.2. The molecule has 1 aliphatic heterocycles. The van der Waals surface area contributed by atoms with Gasteiger partial charge in [0.25, 0.3) is 5.91 Å². The molecular formula is C22H28N4O. The number of amides is 1. The summed E-state index contributed by atoms with van der Waals surface area (Å²) in [6.07, 6.45) is 0. The molecule has 0 N–H and O–H groups in total. The fourth-order valence-corrected chi connectivity index (χ4v) is 3.98. The third-order valence-electron chi connectivity index (χ3n) is 5.43. The summed E-state index contributed by atoms with van der Waals surface area (Å²) >= 11 is 0. The summed E-state index contributed by atoms with van der Waals surface area (Å²) in [6, 6.07) is 14.4. The second-order valence-electron chi connectivity index (χ2n) is 7.60. The van der Waals surface area contributed by atoms with Gasteiger partial charge in [0, 0.05) is 43.3 Å². The van der Waals surface area contributed by atoms with E-state index in [4.69, 9.17) is 0 Å². The summed E-state index contributed by atoms with van der Waals surface area (Å²) in [7, 11) is 0. The van der Waals surface area contributed by atoms with Crippen LogP contribution in [0.3, 0.4) is 0 Å². The number of piperazine rings is 1. The fraction of sp³-hybridized carbons (Fsp3) is 0.455. The minimum absolute atomic E-state index is 0.0783. The first-order valence-electron chi connectivity index (χ1n) is 9.61. The summed E-state index contributed by atoms with van der Waals surface area (Å²) in [6.45, 7) is 11.0. The van der Waals surface area contributed by atoms with Crippen molar-refractivity contribution in [2.75, 3.05) is 26.2 Å². The average molecular weight is 364 g/mol. The van der Waals surface area contributed by atoms with E-state index in [9.17, 15) is 10.1 Å². The number of hydrogen-bond acceptors (Lipinski definition) is 3. The molecule has 0 aliphatic carbocycles. The van der Waals surface area contributed by atoms with Crippen molar-refractivity contribution in [3.05, 3.63) is 53.3 Å². The highest BCUT2D eigenvalue weighted by Crippen LogP contribution is 2.23. The van der Waals surface area contributed by atoms with Crippen LogP contribution in [0.15, 0.2) is 36.4 Å². The Labute approximate surface area is 161 Å². The summed E-state index contributed by atoms with van der Waals surface area (Å²) in [4.78, 5) is 17.2. The number of aryl methyl sites for hydroxylation is 1. The van der Waals surface area contributed by atoms with Gasteiger partial charge in [-0.2, -0.15) is 5.26 Å². The maximum atomic E-state index is 13.1. The van der Waals surface area contributed by atoms with Crippen molar-refractivity contribution in [2.24, 2.45) is 5.92 Å². The number of rotatable bonds is 4. The van der Waals surface area contributed by atoms with Crippen LogP contribution >= 0.6 is 0 Å². The first kappa shape index (κ1) is 19.2. The molecule has 27 heavy (non-hydrogen) atoms. The number of hydrogen-bond donors (Lipinski definition) is 0. The Kier molecular flexibility index (Phi) is 5.67. The van der Waals surface area contributed by atoms with Crippen molar-refractivity contribution in [2.45, 2.75) is 33.7 Å². The van der Waals surface area contributed by atoms with E-state index in [-0.39, 0.29) is 11.9 Å². The van der Waals surface area contributed by atoms with E-state index in [1.165, 1.54) is 0 Å². The topological polar surface area (TPSA) is 52.3 Å². The van der Waals surface area contributed by atoms with Crippen molar-refractivity contribution in [3.8, 4) is 11.8 Å². The van der Waals surface area contributed by atoms with E-state index in [0.717, 1.165) is 35.7 Å². The van der Waals surface area contributed by atoms with Crippen LogP contribution in [0.2, 0.25) is 0 Å². The summed E-state index contributed by atoms with van der Waals surface area (Å²) in [5.41, 5.74) is 3.88. The summed E-state index contributed by atoms with van der Waals surface area (Å²) in [5, 5.41) is 9.40. The van der Waals surface area contributed by atoms with E-state index in [1.807, 2.05) is 43.0 Å². The van der Waals surface area contributed by atoms with Gasteiger partial charge in [0.2, 0.25) is 0 Å². The Morgan fingerprint density at radius 3 is 2.26 bits per heavy atom. The minimum atomic E-state index is -0.0783. The maximum Gasteiger partial charge on any atom is 0.255 e. The Morgan fingerprint density at radius 2 is 1.70 bits per heavy atom. The molecule has 5 heteroatoms. The predicted molar refractivity (Wildman–Crippen MR) is 107 cm³/mol. The zero-order valence-corrected chi connectivity index (χ0v) is 16.6. The second kappa shape index (κ2) is 7.98. The van der Waals surface area contributed by atoms with Crippen LogP contribution in [0, 0.1) is 31.1 Å². The number of para-hydroxylation sites is 1. The van der Waals surface area contributed by atoms with Crippen molar-refractivity contribution in [3.63, 3.8) is 0 Å². The molecule has 1 atom stereocenters. The molecule has 0 saturated carbocycles. The Bertz CT molecular complexity index is 839. The molecule has 0 bridgehead atoms. The van der Waals surface area contributed by atoms with Gasteiger partial charge < -0.3 is 9.47 Å². The Morgan fingerprint density at radius 1 is 1.07 bits per heavy atom. The quantitative estimate of drug-likeness (QED) is 0.835. The number of nitriles is 1. The van der Waals surface area contributed by atoms with Gasteiger partial charge in [0.15, 0.2) is 0 Å². The number of carbonyl (C=O) groups excluding carboxylic acids is 1. The molecule has 1 saturated heterocycles. The molecule has 2 heterocycles. The zero-order valence-electron chi connectivity index (χ0n) is 16.6. The second-order valence-corrected chi connectivity index (χ2v) is 7.60. The van der Waals surface area contributed by atoms with E-state index < -0.39 is 0 Å². The lowest BCUT2D eigenvalue weighted by Gasteiger charge is -2.38. The van der Waals surface area contributed by atoms with Gasteiger partial charge in [-0.1, -0.05) is 32.0 Å². The van der Waals surface area contributed by atoms with E-state index >= 15 is 0 Å². The number of aromatic nitrogens is 1. The number of nitrogens with zero attached hydrogens (tertiary/aromatic N) is 4. The molecule has 5 nitrogen and oxygen atoms in total. The van der Waals surface area contributed by atoms with Gasteiger partial charge >= 0.3 is 0 Å². The van der Waals surface area contributed by atoms with Gasteiger partial charge in [-0.15, -0.1) is 0 Å². The third kappa shape index (κ3) is 3.77. The molecule has 0 radical (unpaired) electrons. The average Bonchev–Trinajstić information content (AvgIpc) is 2.97. The standard InChI is InChI=1S/C22H28N4O/c1-16(2)21(15-23)24-10-12-25(13-11-24)22(27)20-14-17(3)26(18(20)4)19-8-6-5-7-9-19/h5-9,14,16,21H,10-13H2,1-4H3. The molecule has 1 aliphatic rings. The van der Waals surface area contributed by atoms with Gasteiger partial charge in [-0.25, -0.2) is 0 Å². The van der Waals surface area contributed by atoms with Crippen molar-refractivity contribution < 1.29 is 4.79 Å². The largest absolute Gasteiger partial charge is 0.336 e. The van der Waals surface area contributed by atoms with Crippen LogP contribution in [-0.4, -0.2) is 52.5 Å². The monoisotopic (exact) mass is 364 g/mol. The first-order chi connectivity index (χ1) is 12.9. The molecule has 3 rings (SSSR count). The van der Waals surface area contributed by atoms with Crippen LogP contribution in [0.1, 0.15) is 35.6 Å². The van der Waals surface area contributed by atoms with Gasteiger partial charge in [0.1, 0.15) is 6.04 Å². The lowest BCUT2D eigenvalue weighted by Crippen LogP contribution is -2.52. The molecule has 1 fully saturated rings. The highest BCUT2D eigenvalue weighted by molar-refractivity contribution is 5.96. The summed E-state index contributed by atoms with van der Waals surface area (Å²) < 4.78 is 2.13. The number of benzene rings is 1. The third-order valence-corrected chi connectivity index (χ3v) is 5.43. The minimum Gasteiger partial charge on any atom is -0.336 e. The van der Waals surface area contributed by atoms with Crippen LogP contribution < -0.4 is 0 Å². The molecule has 2 aromatic rings. The van der Waals surface area contributed by atoms with Crippen LogP contribution in [0.25, 0.3) is 5.69 Å². The Balaban J connectivity index is 1.76. The highest BCUT2D eigenvalue weighted by Gasteiger charge is 2.29. The van der Waals surface area contributed by atoms with Gasteiger partial charge in [-0.3, -0.25) is 9.69 Å². The van der Waals surface area contributed by atoms with Crippen LogP contribution in [-0.2, 0) is 0 Å². The number of carbonyl (C=O) groups is 1. The van der Waals surface area contributed by atoms with Crippen molar-refractivity contribution in [1.29, 1.82) is 5.26 Å². The Hall–Kier alpha value is -2.58. The van der Waals surface area contributed by atoms with Crippen LogP contribution in [0.4, 0.5) is 0 Å². The van der Waals surface area contributed by atoms with E-state index in [2.05, 4.69) is 41.5 Å². The van der Waals surface area contributed by atoms with E-state index in [0.29, 0.717) is 19.0 Å². The lowest BCUT2D eigenvalue weighted by atomic mass is 10.0. The van der Waals surface area contributed by atoms with Crippen LogP contribution in [0.5, 0.6) is 0 Å². The van der Waals surface area contributed by atoms with Crippen molar-refractivity contribution >= 4 is 5.91 Å². The summed E-state index contributed by atoms with van der Waals surface area (Å²) in [5.74, 6) is 0.380. The zero-order chi connectivity index (χ0) is 19.6. The van der Waals surface area contributed by atoms with E-state index in [1.54, 1.807) is 0 Å². The van der Waals surface area contributed by atoms with Gasteiger partial charge in [0.05, 0.1) is 11.6 Å². The molecule has 1 amide bonds. The SMILES string of the molecule is Cc1cc(C(=O)N2CCN(C(C#N)C(C)C)CC2)c(C)n1-c1ccccc1. The maximum absolute atomic E-state index is 13.1. The molecule has 1 aromatic carbocycles. The smallest absolute Gasteiger partial charge is 0.255 e. The molecule has 0 spiro atoms. The molecule has 142 valence electrons. The predicted octanol–water partition coefficient (Wildman–Crippen LogP) is 3.40. The normalized spacial score (nSPS) is 16.4. The lowest BCUT2D eigenvalue weighted by molar-refractivity contribution is 0.0576. The molecule has 1 aromatic heterocycles. The molecule has 1 unspecified atom stereocenters. The van der Waals surface area contributed by atoms with Crippen molar-refractivity contribution in [1.82, 2.24) is 14.4 Å².